The lowest BCUT2D eigenvalue weighted by atomic mass is 9.88. The fourth-order valence-electron chi connectivity index (χ4n) is 13.0. The summed E-state index contributed by atoms with van der Waals surface area (Å²) < 4.78 is 102. The molecule has 2 amide bonds. The van der Waals surface area contributed by atoms with Crippen molar-refractivity contribution in [2.75, 3.05) is 34.8 Å². The smallest absolute Gasteiger partial charge is 0.253 e. The van der Waals surface area contributed by atoms with E-state index in [1.165, 1.54) is 57.7 Å². The zero-order valence-corrected chi connectivity index (χ0v) is 54.4. The number of hydrogen-bond donors (Lipinski definition) is 0. The fraction of sp³-hybridized carbons (Fsp3) is 0.382. The molecule has 6 fully saturated rings. The first-order valence-electron chi connectivity index (χ1n) is 31.0. The molecule has 8 atom stereocenters. The number of morpholine rings is 2. The Balaban J connectivity index is 0.000000168. The predicted octanol–water partition coefficient (Wildman–Crippen LogP) is 13.6. The van der Waals surface area contributed by atoms with Crippen LogP contribution in [0.15, 0.2) is 166 Å². The first kappa shape index (κ1) is 64.1. The Bertz CT molecular complexity index is 3860. The molecule has 0 N–H and O–H groups in total. The lowest BCUT2D eigenvalue weighted by Crippen LogP contribution is -2.59. The lowest BCUT2D eigenvalue weighted by molar-refractivity contribution is -0.179. The van der Waals surface area contributed by atoms with Gasteiger partial charge < -0.3 is 19.3 Å². The standard InChI is InChI=1S/2C34H33Cl2FN4O4S/c2*35-24-12-10-22(11-13-24)32-33(23-4-3-5-25(36)16-23)45-31(17-26-18-38-20-39-26)34(42)41(32)30(21-8-9-21)19-40(46(43,44)27-14-15-27)29-7-2-1-6-28(29)37/h2*1-7,10-13,16,20-21,27,30-33H,8-9,14-15,17-19H2/t30-,31+,32-,33-;30-,31-,32-,33-/m11/s1. The van der Waals surface area contributed by atoms with Crippen molar-refractivity contribution in [2.24, 2.45) is 31.8 Å². The molecule has 24 heteroatoms. The summed E-state index contributed by atoms with van der Waals surface area (Å²) in [5.41, 5.74) is 4.51. The van der Waals surface area contributed by atoms with Crippen LogP contribution in [0.25, 0.3) is 0 Å². The first-order valence-corrected chi connectivity index (χ1v) is 35.5. The number of benzene rings is 6. The summed E-state index contributed by atoms with van der Waals surface area (Å²) in [5.74, 6) is -1.79. The average molecular weight is 1370 g/mol. The van der Waals surface area contributed by atoms with Gasteiger partial charge in [0.25, 0.3) is 11.8 Å². The van der Waals surface area contributed by atoms with E-state index in [0.29, 0.717) is 58.9 Å². The van der Waals surface area contributed by atoms with Crippen LogP contribution in [0.5, 0.6) is 0 Å². The second kappa shape index (κ2) is 27.0. The van der Waals surface area contributed by atoms with Gasteiger partial charge in [0.15, 0.2) is 0 Å². The Kier molecular flexibility index (Phi) is 18.8. The number of rotatable bonds is 22. The van der Waals surface area contributed by atoms with E-state index in [0.717, 1.165) is 59.4 Å². The van der Waals surface area contributed by atoms with Gasteiger partial charge >= 0.3 is 0 Å². The zero-order chi connectivity index (χ0) is 64.0. The molecule has 8 aliphatic rings. The van der Waals surface area contributed by atoms with Crippen LogP contribution >= 0.6 is 46.4 Å². The highest BCUT2D eigenvalue weighted by molar-refractivity contribution is 7.94. The van der Waals surface area contributed by atoms with Crippen LogP contribution in [0.2, 0.25) is 20.1 Å². The molecule has 4 saturated carbocycles. The molecule has 6 aromatic rings. The van der Waals surface area contributed by atoms with E-state index < -0.39 is 90.8 Å². The van der Waals surface area contributed by atoms with Crippen molar-refractivity contribution in [1.82, 2.24) is 9.80 Å². The maximum Gasteiger partial charge on any atom is 0.253 e. The van der Waals surface area contributed by atoms with Gasteiger partial charge in [-0.3, -0.25) is 28.2 Å². The summed E-state index contributed by atoms with van der Waals surface area (Å²) in [7, 11) is -7.80. The van der Waals surface area contributed by atoms with Gasteiger partial charge in [0.05, 0.1) is 72.2 Å². The normalized spacial score (nSPS) is 23.8. The van der Waals surface area contributed by atoms with Gasteiger partial charge in [0.1, 0.15) is 48.7 Å². The monoisotopic (exact) mass is 1360 g/mol. The largest absolute Gasteiger partial charge is 0.358 e. The highest BCUT2D eigenvalue weighted by atomic mass is 35.5. The fourth-order valence-corrected chi connectivity index (χ4v) is 17.4. The van der Waals surface area contributed by atoms with Gasteiger partial charge in [-0.25, -0.2) is 35.6 Å². The molecule has 4 aliphatic carbocycles. The Morgan fingerprint density at radius 1 is 0.478 bits per heavy atom. The molecule has 0 spiro atoms. The van der Waals surface area contributed by atoms with E-state index in [-0.39, 0.29) is 61.0 Å². The quantitative estimate of drug-likeness (QED) is 0.0643. The molecule has 6 aromatic carbocycles. The third kappa shape index (κ3) is 14.0. The van der Waals surface area contributed by atoms with Gasteiger partial charge in [0, 0.05) is 44.4 Å². The Labute approximate surface area is 554 Å². The summed E-state index contributed by atoms with van der Waals surface area (Å²) in [6.07, 6.45) is 5.62. The number of nitrogens with zero attached hydrogens (tertiary/aromatic N) is 8. The summed E-state index contributed by atoms with van der Waals surface area (Å²) in [5, 5.41) is 0.956. The van der Waals surface area contributed by atoms with Crippen molar-refractivity contribution < 1.29 is 44.7 Å². The number of carbonyl (C=O) groups is 2. The Hall–Kier alpha value is -6.62. The molecule has 92 heavy (non-hydrogen) atoms. The Morgan fingerprint density at radius 3 is 1.18 bits per heavy atom. The van der Waals surface area contributed by atoms with Gasteiger partial charge in [-0.05, 0) is 158 Å². The first-order chi connectivity index (χ1) is 44.4. The molecule has 0 aromatic heterocycles. The van der Waals surface area contributed by atoms with Crippen LogP contribution in [0.4, 0.5) is 20.2 Å². The number of anilines is 2. The van der Waals surface area contributed by atoms with Gasteiger partial charge in [0.2, 0.25) is 20.0 Å². The van der Waals surface area contributed by atoms with E-state index in [4.69, 9.17) is 55.9 Å². The molecule has 2 saturated heterocycles. The highest BCUT2D eigenvalue weighted by Crippen LogP contribution is 2.52. The van der Waals surface area contributed by atoms with Gasteiger partial charge in [-0.2, -0.15) is 0 Å². The number of aliphatic imine (C=N–C) groups is 4. The van der Waals surface area contributed by atoms with Crippen molar-refractivity contribution in [2.45, 2.75) is 123 Å². The molecule has 16 nitrogen and oxygen atoms in total. The van der Waals surface area contributed by atoms with Crippen LogP contribution in [0.1, 0.15) is 111 Å². The van der Waals surface area contributed by atoms with Crippen LogP contribution in [-0.4, -0.2) is 124 Å². The molecule has 0 bridgehead atoms. The minimum atomic E-state index is -3.90. The number of para-hydroxylation sites is 2. The van der Waals surface area contributed by atoms with Gasteiger partial charge in [-0.1, -0.05) is 119 Å². The molecular weight excluding hydrogens is 1300 g/mol. The van der Waals surface area contributed by atoms with Crippen molar-refractivity contribution in [3.63, 3.8) is 0 Å². The third-order valence-corrected chi connectivity index (χ3v) is 23.7. The molecule has 0 radical (unpaired) electrons. The van der Waals surface area contributed by atoms with Crippen molar-refractivity contribution >= 4 is 114 Å². The lowest BCUT2D eigenvalue weighted by Gasteiger charge is -2.49. The third-order valence-electron chi connectivity index (χ3n) is 18.2. The minimum Gasteiger partial charge on any atom is -0.358 e. The van der Waals surface area contributed by atoms with Crippen LogP contribution < -0.4 is 8.61 Å². The van der Waals surface area contributed by atoms with E-state index in [1.807, 2.05) is 70.5 Å². The Morgan fingerprint density at radius 2 is 0.859 bits per heavy atom. The molecule has 0 unspecified atom stereocenters. The maximum atomic E-state index is 15.4. The van der Waals surface area contributed by atoms with Crippen molar-refractivity contribution in [1.29, 1.82) is 0 Å². The van der Waals surface area contributed by atoms with Crippen molar-refractivity contribution in [3.8, 4) is 0 Å². The van der Waals surface area contributed by atoms with Crippen LogP contribution in [0, 0.1) is 23.5 Å². The van der Waals surface area contributed by atoms with Crippen LogP contribution in [0.3, 0.4) is 0 Å². The summed E-state index contributed by atoms with van der Waals surface area (Å²) in [6.45, 7) is 0.587. The zero-order valence-electron chi connectivity index (χ0n) is 49.8. The van der Waals surface area contributed by atoms with E-state index in [1.54, 1.807) is 48.5 Å². The number of ether oxygens (including phenoxy) is 2. The topological polar surface area (TPSA) is 183 Å². The summed E-state index contributed by atoms with van der Waals surface area (Å²) in [4.78, 5) is 50.2. The second-order valence-corrected chi connectivity index (χ2v) is 30.7. The van der Waals surface area contributed by atoms with E-state index >= 15 is 8.78 Å². The predicted molar refractivity (Wildman–Crippen MR) is 355 cm³/mol. The molecule has 14 rings (SSSR count). The molecule has 4 heterocycles. The second-order valence-electron chi connectivity index (χ2n) is 24.7. The highest BCUT2D eigenvalue weighted by Gasteiger charge is 2.55. The van der Waals surface area contributed by atoms with Crippen molar-refractivity contribution in [3.05, 3.63) is 200 Å². The van der Waals surface area contributed by atoms with E-state index in [9.17, 15) is 26.4 Å². The SMILES string of the molecule is O=C1[C@@H](CC2=NC=NC2)O[C@H](c2cccc(Cl)c2)[C@@H](c2ccc(Cl)cc2)N1[C@H](CN(c1ccccc1F)S(=O)(=O)C1CC1)C1CC1.O=C1[C@H](CC2=NC=NC2)O[C@H](c2cccc(Cl)c2)[C@@H](c2ccc(Cl)cc2)N1[C@H](CN(c1ccccc1F)S(=O)(=O)C1CC1)C1CC1. The molecule has 4 aliphatic heterocycles. The number of hydrogen-bond acceptors (Lipinski definition) is 12. The molecule has 480 valence electrons. The number of sulfonamides is 2. The minimum absolute atomic E-state index is 0.00772. The van der Waals surface area contributed by atoms with E-state index in [2.05, 4.69) is 20.0 Å². The average Bonchev–Trinajstić information content (AvgIpc) is 1.72. The number of halogens is 6. The summed E-state index contributed by atoms with van der Waals surface area (Å²) >= 11 is 25.6. The number of amides is 2. The number of carbonyl (C=O) groups excluding carboxylic acids is 2. The van der Waals surface area contributed by atoms with Crippen LogP contribution in [-0.2, 0) is 39.1 Å². The summed E-state index contributed by atoms with van der Waals surface area (Å²) in [6, 6.07) is 38.6. The maximum absolute atomic E-state index is 15.4. The molecular formula is C68H66Cl4F2N8O8S2. The van der Waals surface area contributed by atoms with Gasteiger partial charge in [-0.15, -0.1) is 0 Å².